The molecule has 2 fully saturated rings. The molecule has 0 bridgehead atoms. The monoisotopic (exact) mass is 370 g/mol. The summed E-state index contributed by atoms with van der Waals surface area (Å²) in [5, 5.41) is 13.3. The fraction of sp³-hybridized carbons (Fsp3) is 0.529. The molecule has 8 heteroatoms. The summed E-state index contributed by atoms with van der Waals surface area (Å²) in [7, 11) is 0. The maximum absolute atomic E-state index is 13.3. The zero-order chi connectivity index (χ0) is 18.0. The molecule has 0 spiro atoms. The van der Waals surface area contributed by atoms with Crippen molar-refractivity contribution in [2.75, 3.05) is 19.8 Å². The van der Waals surface area contributed by atoms with E-state index in [1.54, 1.807) is 4.90 Å². The first-order chi connectivity index (χ1) is 11.9. The Labute approximate surface area is 149 Å². The second-order valence-electron chi connectivity index (χ2n) is 6.41. The Balaban J connectivity index is 1.63. The standard InChI is InChI=1S/C17H20ClFN2O4/c18-12-7-11(8-13(19)9-12)10-20-15(22)17(24)3-4-21(16(17)23)14-1-5-25-6-2-14/h7-9,14,24H,1-6,10H2,(H,20,22)/t17-/m1/s1. The number of hydrogen-bond acceptors (Lipinski definition) is 4. The number of halogens is 2. The molecule has 0 radical (unpaired) electrons. The summed E-state index contributed by atoms with van der Waals surface area (Å²) in [5.41, 5.74) is -1.62. The van der Waals surface area contributed by atoms with Crippen LogP contribution in [0.15, 0.2) is 18.2 Å². The van der Waals surface area contributed by atoms with Gasteiger partial charge in [-0.3, -0.25) is 9.59 Å². The molecule has 136 valence electrons. The Morgan fingerprint density at radius 1 is 1.40 bits per heavy atom. The van der Waals surface area contributed by atoms with Crippen LogP contribution in [0.25, 0.3) is 0 Å². The summed E-state index contributed by atoms with van der Waals surface area (Å²) in [5.74, 6) is -1.86. The fourth-order valence-corrected chi connectivity index (χ4v) is 3.57. The zero-order valence-electron chi connectivity index (χ0n) is 13.6. The SMILES string of the molecule is O=C(NCc1cc(F)cc(Cl)c1)[C@]1(O)CCN(C2CCOCC2)C1=O. The number of rotatable bonds is 4. The van der Waals surface area contributed by atoms with Gasteiger partial charge in [-0.2, -0.15) is 0 Å². The van der Waals surface area contributed by atoms with Crippen molar-refractivity contribution in [3.8, 4) is 0 Å². The molecule has 1 aromatic carbocycles. The smallest absolute Gasteiger partial charge is 0.264 e. The Kier molecular flexibility index (Phi) is 5.27. The minimum absolute atomic E-state index is 0.00917. The number of aliphatic hydroxyl groups is 1. The Morgan fingerprint density at radius 2 is 2.12 bits per heavy atom. The third-order valence-corrected chi connectivity index (χ3v) is 4.93. The van der Waals surface area contributed by atoms with Gasteiger partial charge in [0.15, 0.2) is 0 Å². The lowest BCUT2D eigenvalue weighted by Crippen LogP contribution is -2.54. The van der Waals surface area contributed by atoms with Gasteiger partial charge in [0, 0.05) is 43.8 Å². The van der Waals surface area contributed by atoms with Gasteiger partial charge in [0.25, 0.3) is 11.8 Å². The molecule has 1 atom stereocenters. The number of amides is 2. The quantitative estimate of drug-likeness (QED) is 0.782. The van der Waals surface area contributed by atoms with E-state index in [1.807, 2.05) is 0 Å². The third kappa shape index (κ3) is 3.78. The molecule has 0 unspecified atom stereocenters. The number of carbonyl (C=O) groups is 2. The molecular weight excluding hydrogens is 351 g/mol. The number of carbonyl (C=O) groups excluding carboxylic acids is 2. The van der Waals surface area contributed by atoms with Gasteiger partial charge in [0.2, 0.25) is 5.60 Å². The highest BCUT2D eigenvalue weighted by atomic mass is 35.5. The second-order valence-corrected chi connectivity index (χ2v) is 6.85. The molecule has 6 nitrogen and oxygen atoms in total. The molecule has 0 aliphatic carbocycles. The van der Waals surface area contributed by atoms with Crippen molar-refractivity contribution >= 4 is 23.4 Å². The molecule has 0 aromatic heterocycles. The predicted octanol–water partition coefficient (Wildman–Crippen LogP) is 1.24. The van der Waals surface area contributed by atoms with Crippen molar-refractivity contribution in [3.05, 3.63) is 34.6 Å². The van der Waals surface area contributed by atoms with Crippen LogP contribution in [0.5, 0.6) is 0 Å². The Hall–Kier alpha value is -1.70. The number of nitrogens with zero attached hydrogens (tertiary/aromatic N) is 1. The van der Waals surface area contributed by atoms with E-state index >= 15 is 0 Å². The normalized spacial score (nSPS) is 24.6. The minimum atomic E-state index is -2.07. The van der Waals surface area contributed by atoms with Crippen molar-refractivity contribution in [1.82, 2.24) is 10.2 Å². The second kappa shape index (κ2) is 7.27. The molecule has 25 heavy (non-hydrogen) atoms. The van der Waals surface area contributed by atoms with Crippen molar-refractivity contribution in [1.29, 1.82) is 0 Å². The highest BCUT2D eigenvalue weighted by Crippen LogP contribution is 2.28. The van der Waals surface area contributed by atoms with E-state index in [4.69, 9.17) is 16.3 Å². The van der Waals surface area contributed by atoms with Gasteiger partial charge < -0.3 is 20.1 Å². The molecule has 1 aromatic rings. The van der Waals surface area contributed by atoms with E-state index in [0.717, 1.165) is 6.07 Å². The minimum Gasteiger partial charge on any atom is -0.381 e. The van der Waals surface area contributed by atoms with E-state index in [2.05, 4.69) is 5.32 Å². The van der Waals surface area contributed by atoms with Crippen LogP contribution >= 0.6 is 11.6 Å². The summed E-state index contributed by atoms with van der Waals surface area (Å²) in [6.45, 7) is 1.45. The van der Waals surface area contributed by atoms with Crippen LogP contribution in [0.4, 0.5) is 4.39 Å². The first-order valence-corrected chi connectivity index (χ1v) is 8.62. The van der Waals surface area contributed by atoms with Gasteiger partial charge >= 0.3 is 0 Å². The summed E-state index contributed by atoms with van der Waals surface area (Å²) < 4.78 is 18.6. The molecule has 2 aliphatic rings. The largest absolute Gasteiger partial charge is 0.381 e. The van der Waals surface area contributed by atoms with Crippen molar-refractivity contribution < 1.29 is 23.8 Å². The van der Waals surface area contributed by atoms with Crippen molar-refractivity contribution in [2.24, 2.45) is 0 Å². The number of hydrogen-bond donors (Lipinski definition) is 2. The zero-order valence-corrected chi connectivity index (χ0v) is 14.4. The predicted molar refractivity (Wildman–Crippen MR) is 88.4 cm³/mol. The molecule has 0 saturated carbocycles. The lowest BCUT2D eigenvalue weighted by atomic mass is 10.0. The molecule has 2 aliphatic heterocycles. The van der Waals surface area contributed by atoms with Crippen LogP contribution in [-0.4, -0.2) is 53.2 Å². The maximum Gasteiger partial charge on any atom is 0.264 e. The number of ether oxygens (including phenoxy) is 1. The number of likely N-dealkylation sites (tertiary alicyclic amines) is 1. The number of nitrogens with one attached hydrogen (secondary N) is 1. The van der Waals surface area contributed by atoms with Gasteiger partial charge in [0.05, 0.1) is 0 Å². The molecule has 2 N–H and O–H groups in total. The van der Waals surface area contributed by atoms with Crippen LogP contribution in [0.3, 0.4) is 0 Å². The van der Waals surface area contributed by atoms with Crippen molar-refractivity contribution in [2.45, 2.75) is 37.5 Å². The first kappa shape index (κ1) is 18.1. The lowest BCUT2D eigenvalue weighted by Gasteiger charge is -2.32. The van der Waals surface area contributed by atoms with Gasteiger partial charge in [-0.15, -0.1) is 0 Å². The molecular formula is C17H20ClFN2O4. The fourth-order valence-electron chi connectivity index (χ4n) is 3.33. The van der Waals surface area contributed by atoms with Crippen LogP contribution in [0.2, 0.25) is 5.02 Å². The van der Waals surface area contributed by atoms with Crippen LogP contribution < -0.4 is 5.32 Å². The highest BCUT2D eigenvalue weighted by Gasteiger charge is 2.52. The highest BCUT2D eigenvalue weighted by molar-refractivity contribution is 6.30. The number of benzene rings is 1. The van der Waals surface area contributed by atoms with Crippen LogP contribution in [0, 0.1) is 5.82 Å². The van der Waals surface area contributed by atoms with E-state index in [-0.39, 0.29) is 24.0 Å². The van der Waals surface area contributed by atoms with Crippen LogP contribution in [-0.2, 0) is 20.9 Å². The lowest BCUT2D eigenvalue weighted by molar-refractivity contribution is -0.156. The molecule has 2 saturated heterocycles. The average Bonchev–Trinajstić information content (AvgIpc) is 2.89. The van der Waals surface area contributed by atoms with Crippen LogP contribution in [0.1, 0.15) is 24.8 Å². The Morgan fingerprint density at radius 3 is 2.80 bits per heavy atom. The summed E-state index contributed by atoms with van der Waals surface area (Å²) in [6, 6.07) is 3.90. The summed E-state index contributed by atoms with van der Waals surface area (Å²) in [4.78, 5) is 26.5. The van der Waals surface area contributed by atoms with E-state index in [1.165, 1.54) is 12.1 Å². The topological polar surface area (TPSA) is 78.9 Å². The van der Waals surface area contributed by atoms with E-state index in [0.29, 0.717) is 38.2 Å². The summed E-state index contributed by atoms with van der Waals surface area (Å²) >= 11 is 5.78. The van der Waals surface area contributed by atoms with E-state index < -0.39 is 23.2 Å². The summed E-state index contributed by atoms with van der Waals surface area (Å²) in [6.07, 6.45) is 1.44. The Bertz CT molecular complexity index is 660. The average molecular weight is 371 g/mol. The maximum atomic E-state index is 13.3. The third-order valence-electron chi connectivity index (χ3n) is 4.71. The van der Waals surface area contributed by atoms with E-state index in [9.17, 15) is 19.1 Å². The van der Waals surface area contributed by atoms with Gasteiger partial charge in [-0.1, -0.05) is 11.6 Å². The van der Waals surface area contributed by atoms with Gasteiger partial charge in [-0.25, -0.2) is 4.39 Å². The van der Waals surface area contributed by atoms with Crippen molar-refractivity contribution in [3.63, 3.8) is 0 Å². The van der Waals surface area contributed by atoms with Gasteiger partial charge in [-0.05, 0) is 36.6 Å². The molecule has 3 rings (SSSR count). The molecule has 2 heterocycles. The first-order valence-electron chi connectivity index (χ1n) is 8.24. The molecule has 2 amide bonds. The van der Waals surface area contributed by atoms with Gasteiger partial charge in [0.1, 0.15) is 5.82 Å².